The Morgan fingerprint density at radius 3 is 0.993 bits per heavy atom. The summed E-state index contributed by atoms with van der Waals surface area (Å²) in [6.45, 7) is 19.7. The molecular weight excluding hydrogens is 1870 g/mol. The quantitative estimate of drug-likeness (QED) is 0.0177. The molecule has 0 saturated carbocycles. The Kier molecular flexibility index (Phi) is 42.5. The van der Waals surface area contributed by atoms with Crippen LogP contribution in [0.1, 0.15) is 186 Å². The number of fused-ring (bicyclic) bond motifs is 1. The Labute approximate surface area is 877 Å². The number of para-hydroxylation sites is 1. The van der Waals surface area contributed by atoms with E-state index in [-0.39, 0.29) is 41.5 Å². The number of rotatable bonds is 33. The molecule has 7 aliphatic heterocycles. The highest BCUT2D eigenvalue weighted by atomic mass is 35.5. The van der Waals surface area contributed by atoms with Crippen molar-refractivity contribution in [2.75, 3.05) is 179 Å². The Balaban J connectivity index is 0.000000139. The van der Waals surface area contributed by atoms with Crippen molar-refractivity contribution in [3.8, 4) is 28.7 Å². The first-order valence-corrected chi connectivity index (χ1v) is 53.3. The average Bonchev–Trinajstić information content (AvgIpc) is 1.66. The Hall–Kier alpha value is -14.7. The van der Waals surface area contributed by atoms with E-state index in [0.29, 0.717) is 56.9 Å². The SMILES string of the molecule is CCCN(CCCl)c1ccc(/C=C/C(=O)c2ccccc2OC)cc1.COc1cccc(C(=O)/C=C/c2ccc(N3CCCC3)cc2)c1.COc1cccc(C(=O)/C=C/c2ccc(N3CCCCC3)cc2)c1.CSc1ccc(C(=O)/C=C/c2ccc(N3CCCC3)cc2)cc1.O=C(/C=C/c1ccc(N2CCCC2)cc1)c1ccc2c(c1)OCO2.O=C(/C=C/c1ccc(N2CCCCC2)cc1)c1ccc(N2CCNCC2)cc1. The van der Waals surface area contributed by atoms with Gasteiger partial charge in [-0.05, 0) is 335 Å². The number of hydrogen-bond donors (Lipinski definition) is 1. The number of ketones is 6. The van der Waals surface area contributed by atoms with E-state index in [1.807, 2.05) is 128 Å². The standard InChI is InChI=1S/C24H29N3O.C21H24ClNO2.C21H23NO2.C20H19NO3.C20H21NO2.C20H21NOS/c28-24(21-7-11-23(12-8-21)27-18-14-25-15-19-27)13-6-20-4-9-22(10-5-20)26-16-2-1-3-17-26;1-3-15-23(16-14-22)18-11-8-17(9-12-18)10-13-20(24)19-6-4-5-7-21(19)25-2;1-24-20-7-5-6-18(16-20)21(23)13-10-17-8-11-19(12-9-17)22-14-3-2-4-15-22;22-18(16-6-10-19-20(13-16)24-14-23-19)9-5-15-3-7-17(8-4-15)21-11-1-2-12-21;1-23-19-6-4-5-17(15-19)20(22)12-9-16-7-10-18(11-8-16)21-13-2-3-14-21;1-23-19-11-7-17(8-12-19)20(22)13-6-16-4-9-18(10-5-16)21-14-2-3-15-21/h4-13,25H,1-3,14-19H2;4-13H,3,14-16H2,1-2H3;5-13,16H,2-4,14-15H2,1H3;3-10,13H,1-2,11-12,14H2;4-12,15H,2-3,13-14H2,1H3;4-13H,2-3,14-15H2,1H3/b13-6+;2*13-10+;9-5+;12-9+;13-6+. The van der Waals surface area contributed by atoms with Gasteiger partial charge in [0.2, 0.25) is 6.79 Å². The molecule has 21 heteroatoms. The third-order valence-corrected chi connectivity index (χ3v) is 27.6. The minimum atomic E-state index is -0.0729. The minimum Gasteiger partial charge on any atom is -0.497 e. The zero-order chi connectivity index (χ0) is 103. The molecule has 1 N–H and O–H groups in total. The minimum absolute atomic E-state index is 0.0194. The lowest BCUT2D eigenvalue weighted by molar-refractivity contribution is 0.103. The molecule has 6 saturated heterocycles. The Bertz CT molecular complexity index is 6390. The molecule has 0 bridgehead atoms. The maximum Gasteiger partial charge on any atom is 0.231 e. The number of carbonyl (C=O) groups excluding carboxylic acids is 6. The molecule has 7 heterocycles. The molecule has 12 aromatic carbocycles. The number of thioether (sulfide) groups is 1. The number of halogens is 1. The molecule has 147 heavy (non-hydrogen) atoms. The van der Waals surface area contributed by atoms with Crippen molar-refractivity contribution in [3.05, 3.63) is 388 Å². The van der Waals surface area contributed by atoms with Crippen LogP contribution in [0.25, 0.3) is 36.5 Å². The van der Waals surface area contributed by atoms with Crippen molar-refractivity contribution in [1.82, 2.24) is 5.32 Å². The summed E-state index contributed by atoms with van der Waals surface area (Å²) in [7, 11) is 4.77. The predicted molar refractivity (Wildman–Crippen MR) is 610 cm³/mol. The number of piperazine rings is 1. The van der Waals surface area contributed by atoms with Gasteiger partial charge in [-0.1, -0.05) is 153 Å². The van der Waals surface area contributed by atoms with Crippen molar-refractivity contribution in [1.29, 1.82) is 0 Å². The fraction of sp³-hybridized carbons (Fsp3) is 0.286. The number of hydrogen-bond acceptors (Lipinski definition) is 20. The van der Waals surface area contributed by atoms with Gasteiger partial charge in [0.05, 0.1) is 26.9 Å². The van der Waals surface area contributed by atoms with Crippen LogP contribution in [0.3, 0.4) is 0 Å². The number of alkyl halides is 1. The molecule has 0 amide bonds. The number of piperidine rings is 2. The fourth-order valence-corrected chi connectivity index (χ4v) is 18.9. The smallest absolute Gasteiger partial charge is 0.231 e. The molecule has 0 unspecified atom stereocenters. The lowest BCUT2D eigenvalue weighted by Crippen LogP contribution is -2.43. The second-order valence-corrected chi connectivity index (χ2v) is 38.1. The van der Waals surface area contributed by atoms with Gasteiger partial charge in [0.15, 0.2) is 46.2 Å². The van der Waals surface area contributed by atoms with Crippen molar-refractivity contribution in [2.24, 2.45) is 0 Å². The Morgan fingerprint density at radius 2 is 0.639 bits per heavy atom. The molecule has 6 fully saturated rings. The molecule has 0 aromatic heterocycles. The van der Waals surface area contributed by atoms with Crippen LogP contribution in [0.4, 0.5) is 39.8 Å². The number of anilines is 7. The van der Waals surface area contributed by atoms with Gasteiger partial charge in [-0.2, -0.15) is 0 Å². The molecule has 0 radical (unpaired) electrons. The van der Waals surface area contributed by atoms with Crippen molar-refractivity contribution in [3.63, 3.8) is 0 Å². The van der Waals surface area contributed by atoms with E-state index >= 15 is 0 Å². The topological polar surface area (TPSA) is 183 Å². The van der Waals surface area contributed by atoms with Crippen molar-refractivity contribution >= 4 is 134 Å². The summed E-state index contributed by atoms with van der Waals surface area (Å²) in [6, 6.07) is 92.9. The maximum absolute atomic E-state index is 12.5. The molecular formula is C126H137ClN8O11S. The van der Waals surface area contributed by atoms with E-state index in [4.69, 9.17) is 35.3 Å². The van der Waals surface area contributed by atoms with E-state index in [1.54, 1.807) is 124 Å². The van der Waals surface area contributed by atoms with Gasteiger partial charge in [-0.25, -0.2) is 0 Å². The van der Waals surface area contributed by atoms with Gasteiger partial charge < -0.3 is 63.3 Å². The van der Waals surface area contributed by atoms with E-state index in [2.05, 4.69) is 192 Å². The summed E-state index contributed by atoms with van der Waals surface area (Å²) >= 11 is 7.56. The second kappa shape index (κ2) is 57.9. The summed E-state index contributed by atoms with van der Waals surface area (Å²) in [4.78, 5) is 91.7. The van der Waals surface area contributed by atoms with Gasteiger partial charge >= 0.3 is 0 Å². The van der Waals surface area contributed by atoms with Crippen LogP contribution in [0.15, 0.2) is 326 Å². The molecule has 19 nitrogen and oxygen atoms in total. The third kappa shape index (κ3) is 33.4. The van der Waals surface area contributed by atoms with Gasteiger partial charge in [-0.15, -0.1) is 23.4 Å². The average molecular weight is 2010 g/mol. The summed E-state index contributed by atoms with van der Waals surface area (Å²) in [6.07, 6.45) is 39.5. The summed E-state index contributed by atoms with van der Waals surface area (Å²) < 4.78 is 26.1. The molecule has 0 aliphatic carbocycles. The molecule has 12 aromatic rings. The predicted octanol–water partition coefficient (Wildman–Crippen LogP) is 26.6. The van der Waals surface area contributed by atoms with E-state index in [9.17, 15) is 28.8 Å². The van der Waals surface area contributed by atoms with Gasteiger partial charge in [0, 0.05) is 183 Å². The Morgan fingerprint density at radius 1 is 0.327 bits per heavy atom. The van der Waals surface area contributed by atoms with Crippen LogP contribution >= 0.6 is 23.4 Å². The maximum atomic E-state index is 12.5. The van der Waals surface area contributed by atoms with Crippen LogP contribution in [0, 0.1) is 0 Å². The largest absolute Gasteiger partial charge is 0.497 e. The monoisotopic (exact) mass is 2000 g/mol. The molecule has 19 rings (SSSR count). The first-order chi connectivity index (χ1) is 72.1. The molecule has 0 spiro atoms. The number of methoxy groups -OCH3 is 3. The van der Waals surface area contributed by atoms with Crippen LogP contribution in [-0.2, 0) is 0 Å². The lowest BCUT2D eigenvalue weighted by Gasteiger charge is -2.29. The molecule has 760 valence electrons. The zero-order valence-corrected chi connectivity index (χ0v) is 87.0. The molecule has 0 atom stereocenters. The van der Waals surface area contributed by atoms with Gasteiger partial charge in [0.25, 0.3) is 0 Å². The van der Waals surface area contributed by atoms with Crippen LogP contribution in [0.2, 0.25) is 0 Å². The third-order valence-electron chi connectivity index (χ3n) is 26.7. The molecule has 7 aliphatic rings. The number of ether oxygens (including phenoxy) is 5. The zero-order valence-electron chi connectivity index (χ0n) is 85.4. The van der Waals surface area contributed by atoms with Crippen LogP contribution < -0.4 is 63.3 Å². The number of allylic oxidation sites excluding steroid dienone is 6. The summed E-state index contributed by atoms with van der Waals surface area (Å²) in [5, 5.41) is 3.36. The summed E-state index contributed by atoms with van der Waals surface area (Å²) in [5.74, 6) is 3.83. The van der Waals surface area contributed by atoms with Gasteiger partial charge in [-0.3, -0.25) is 28.8 Å². The highest BCUT2D eigenvalue weighted by Gasteiger charge is 2.21. The normalized spacial score (nSPS) is 14.8. The van der Waals surface area contributed by atoms with Crippen molar-refractivity contribution in [2.45, 2.75) is 95.3 Å². The van der Waals surface area contributed by atoms with Crippen molar-refractivity contribution < 1.29 is 52.5 Å². The lowest BCUT2D eigenvalue weighted by atomic mass is 10.1. The number of carbonyl (C=O) groups is 6. The number of benzene rings is 12. The van der Waals surface area contributed by atoms with E-state index in [0.717, 1.165) is 161 Å². The van der Waals surface area contributed by atoms with E-state index in [1.165, 1.54) is 116 Å². The fourth-order valence-electron chi connectivity index (χ4n) is 18.3. The highest BCUT2D eigenvalue weighted by Crippen LogP contribution is 2.35. The first kappa shape index (κ1) is 108. The number of nitrogens with one attached hydrogen (secondary N) is 1. The van der Waals surface area contributed by atoms with E-state index < -0.39 is 0 Å². The summed E-state index contributed by atoms with van der Waals surface area (Å²) in [5.41, 5.74) is 18.8. The second-order valence-electron chi connectivity index (χ2n) is 36.8. The van der Waals surface area contributed by atoms with Gasteiger partial charge in [0.1, 0.15) is 17.2 Å². The van der Waals surface area contributed by atoms with Crippen LogP contribution in [-0.4, -0.2) is 180 Å². The first-order valence-electron chi connectivity index (χ1n) is 51.6. The highest BCUT2D eigenvalue weighted by molar-refractivity contribution is 7.98. The van der Waals surface area contributed by atoms with Crippen LogP contribution in [0.5, 0.6) is 28.7 Å². The number of nitrogens with zero attached hydrogens (tertiary/aromatic N) is 7.